The van der Waals surface area contributed by atoms with E-state index in [1.54, 1.807) is 6.07 Å². The fourth-order valence-corrected chi connectivity index (χ4v) is 2.88. The molecule has 21 heavy (non-hydrogen) atoms. The van der Waals surface area contributed by atoms with E-state index in [0.29, 0.717) is 17.0 Å². The molecule has 1 aromatic heterocycles. The van der Waals surface area contributed by atoms with Crippen molar-refractivity contribution < 1.29 is 9.21 Å². The fraction of sp³-hybridized carbons (Fsp3) is 0.267. The second-order valence-electron chi connectivity index (χ2n) is 5.15. The summed E-state index contributed by atoms with van der Waals surface area (Å²) in [7, 11) is 0. The maximum absolute atomic E-state index is 12.3. The third kappa shape index (κ3) is 2.69. The number of halogens is 1. The number of nitrogens with one attached hydrogen (secondary N) is 2. The van der Waals surface area contributed by atoms with Crippen molar-refractivity contribution in [3.8, 4) is 0 Å². The molecule has 1 aliphatic heterocycles. The summed E-state index contributed by atoms with van der Waals surface area (Å²) in [6.45, 7) is 5.72. The van der Waals surface area contributed by atoms with E-state index in [-0.39, 0.29) is 17.6 Å². The van der Waals surface area contributed by atoms with Crippen LogP contribution in [0, 0.1) is 5.92 Å². The van der Waals surface area contributed by atoms with Crippen LogP contribution in [-0.4, -0.2) is 19.0 Å². The zero-order valence-electron chi connectivity index (χ0n) is 11.4. The predicted molar refractivity (Wildman–Crippen MR) is 85.9 cm³/mol. The molecule has 0 aliphatic carbocycles. The Labute approximate surface area is 130 Å². The van der Waals surface area contributed by atoms with Gasteiger partial charge in [0.25, 0.3) is 5.91 Å². The van der Waals surface area contributed by atoms with Crippen molar-refractivity contribution >= 4 is 38.5 Å². The first kappa shape index (κ1) is 14.2. The lowest BCUT2D eigenvalue weighted by Gasteiger charge is -2.12. The lowest BCUT2D eigenvalue weighted by molar-refractivity contribution is 0.0938. The van der Waals surface area contributed by atoms with Crippen molar-refractivity contribution in [1.29, 1.82) is 0 Å². The largest absolute Gasteiger partial charge is 0.449 e. The molecular formula is C15H16BrN3O2. The van der Waals surface area contributed by atoms with E-state index in [1.807, 2.05) is 12.1 Å². The lowest BCUT2D eigenvalue weighted by atomic mass is 10.1. The van der Waals surface area contributed by atoms with Crippen molar-refractivity contribution in [2.75, 3.05) is 18.8 Å². The van der Waals surface area contributed by atoms with Gasteiger partial charge in [0.15, 0.2) is 0 Å². The summed E-state index contributed by atoms with van der Waals surface area (Å²) in [4.78, 5) is 12.3. The van der Waals surface area contributed by atoms with E-state index in [0.717, 1.165) is 29.4 Å². The quantitative estimate of drug-likeness (QED) is 0.795. The molecule has 4 N–H and O–H groups in total. The van der Waals surface area contributed by atoms with Crippen LogP contribution in [0.4, 0.5) is 5.69 Å². The monoisotopic (exact) mass is 349 g/mol. The lowest BCUT2D eigenvalue weighted by Crippen LogP contribution is -2.27. The van der Waals surface area contributed by atoms with Crippen molar-refractivity contribution in [2.45, 2.75) is 6.42 Å². The Hall–Kier alpha value is -1.79. The molecule has 1 atom stereocenters. The molecule has 0 spiro atoms. The van der Waals surface area contributed by atoms with Crippen LogP contribution in [-0.2, 0) is 0 Å². The van der Waals surface area contributed by atoms with Crippen molar-refractivity contribution in [1.82, 2.24) is 10.6 Å². The number of anilines is 1. The molecule has 1 aromatic carbocycles. The molecule has 5 nitrogen and oxygen atoms in total. The summed E-state index contributed by atoms with van der Waals surface area (Å²) in [5.74, 6) is 0.0422. The molecule has 1 unspecified atom stereocenters. The number of hydrogen-bond acceptors (Lipinski definition) is 4. The minimum atomic E-state index is -0.350. The molecule has 2 aromatic rings. The number of benzene rings is 1. The summed E-state index contributed by atoms with van der Waals surface area (Å²) in [6.07, 6.45) is 0.974. The third-order valence-corrected chi connectivity index (χ3v) is 4.22. The molecule has 6 heteroatoms. The van der Waals surface area contributed by atoms with E-state index < -0.39 is 0 Å². The summed E-state index contributed by atoms with van der Waals surface area (Å²) < 4.78 is 6.45. The normalized spacial score (nSPS) is 18.0. The fourth-order valence-electron chi connectivity index (χ4n) is 2.51. The summed E-state index contributed by atoms with van der Waals surface area (Å²) in [5.41, 5.74) is 7.66. The van der Waals surface area contributed by atoms with Crippen LogP contribution in [0.2, 0.25) is 0 Å². The Kier molecular flexibility index (Phi) is 3.73. The highest BCUT2D eigenvalue weighted by atomic mass is 79.9. The highest BCUT2D eigenvalue weighted by Gasteiger charge is 2.23. The van der Waals surface area contributed by atoms with Gasteiger partial charge in [-0.25, -0.2) is 0 Å². The van der Waals surface area contributed by atoms with Crippen LogP contribution in [0.1, 0.15) is 17.0 Å². The minimum absolute atomic E-state index is 0.134. The first-order valence-electron chi connectivity index (χ1n) is 6.74. The van der Waals surface area contributed by atoms with E-state index >= 15 is 0 Å². The van der Waals surface area contributed by atoms with E-state index in [1.165, 1.54) is 0 Å². The van der Waals surface area contributed by atoms with Gasteiger partial charge in [0, 0.05) is 28.0 Å². The number of nitrogens with two attached hydrogens (primary N) is 1. The van der Waals surface area contributed by atoms with Gasteiger partial charge in [0.2, 0.25) is 5.76 Å². The van der Waals surface area contributed by atoms with Gasteiger partial charge < -0.3 is 20.8 Å². The molecule has 110 valence electrons. The molecule has 1 saturated heterocycles. The Balaban J connectivity index is 1.84. The van der Waals surface area contributed by atoms with E-state index in [2.05, 4.69) is 33.1 Å². The third-order valence-electron chi connectivity index (χ3n) is 3.72. The van der Waals surface area contributed by atoms with Gasteiger partial charge in [-0.15, -0.1) is 0 Å². The summed E-state index contributed by atoms with van der Waals surface area (Å²) in [6, 6.07) is 5.46. The maximum atomic E-state index is 12.3. The number of carbonyl (C=O) groups excluding carboxylic acids is 1. The standard InChI is InChI=1S/C15H16BrN3O2/c1-8(9-4-5-18-7-9)19-15(20)14-13(17)11-6-10(16)2-3-12(11)21-14/h2-3,6,9,18H,1,4-5,7,17H2,(H,19,20). The zero-order chi connectivity index (χ0) is 15.0. The topological polar surface area (TPSA) is 80.3 Å². The van der Waals surface area contributed by atoms with E-state index in [4.69, 9.17) is 10.2 Å². The van der Waals surface area contributed by atoms with Crippen LogP contribution in [0.25, 0.3) is 11.0 Å². The molecule has 1 aliphatic rings. The average Bonchev–Trinajstić information content (AvgIpc) is 3.08. The number of furan rings is 1. The summed E-state index contributed by atoms with van der Waals surface area (Å²) in [5, 5.41) is 6.76. The molecular weight excluding hydrogens is 334 g/mol. The van der Waals surface area contributed by atoms with Gasteiger partial charge in [-0.1, -0.05) is 22.5 Å². The Morgan fingerprint density at radius 2 is 2.33 bits per heavy atom. The van der Waals surface area contributed by atoms with E-state index in [9.17, 15) is 4.79 Å². The molecule has 1 amide bonds. The number of amides is 1. The second kappa shape index (κ2) is 5.54. The van der Waals surface area contributed by atoms with Gasteiger partial charge in [-0.2, -0.15) is 0 Å². The van der Waals surface area contributed by atoms with Crippen molar-refractivity contribution in [2.24, 2.45) is 5.92 Å². The van der Waals surface area contributed by atoms with Gasteiger partial charge in [0.05, 0.1) is 5.69 Å². The number of hydrogen-bond donors (Lipinski definition) is 3. The van der Waals surface area contributed by atoms with Crippen LogP contribution >= 0.6 is 15.9 Å². The van der Waals surface area contributed by atoms with Crippen LogP contribution in [0.5, 0.6) is 0 Å². The van der Waals surface area contributed by atoms with Gasteiger partial charge >= 0.3 is 0 Å². The smallest absolute Gasteiger partial charge is 0.293 e. The molecule has 2 heterocycles. The zero-order valence-corrected chi connectivity index (χ0v) is 13.0. The first-order valence-corrected chi connectivity index (χ1v) is 7.54. The highest BCUT2D eigenvalue weighted by molar-refractivity contribution is 9.10. The SMILES string of the molecule is C=C(NC(=O)c1oc2ccc(Br)cc2c1N)C1CCNC1. The minimum Gasteiger partial charge on any atom is -0.449 e. The molecule has 0 radical (unpaired) electrons. The number of fused-ring (bicyclic) bond motifs is 1. The summed E-state index contributed by atoms with van der Waals surface area (Å²) >= 11 is 3.38. The number of nitrogen functional groups attached to an aromatic ring is 1. The average molecular weight is 350 g/mol. The van der Waals surface area contributed by atoms with Gasteiger partial charge in [-0.3, -0.25) is 4.79 Å². The van der Waals surface area contributed by atoms with Crippen molar-refractivity contribution in [3.63, 3.8) is 0 Å². The Morgan fingerprint density at radius 1 is 1.52 bits per heavy atom. The molecule has 0 bridgehead atoms. The number of rotatable bonds is 3. The van der Waals surface area contributed by atoms with Crippen LogP contribution in [0.3, 0.4) is 0 Å². The second-order valence-corrected chi connectivity index (χ2v) is 6.07. The highest BCUT2D eigenvalue weighted by Crippen LogP contribution is 2.30. The maximum Gasteiger partial charge on any atom is 0.293 e. The Morgan fingerprint density at radius 3 is 3.05 bits per heavy atom. The van der Waals surface area contributed by atoms with Crippen molar-refractivity contribution in [3.05, 3.63) is 40.7 Å². The van der Waals surface area contributed by atoms with Gasteiger partial charge in [0.1, 0.15) is 5.58 Å². The Bertz CT molecular complexity index is 717. The predicted octanol–water partition coefficient (Wildman–Crippen LogP) is 2.63. The molecule has 0 saturated carbocycles. The molecule has 3 rings (SSSR count). The van der Waals surface area contributed by atoms with Crippen LogP contribution < -0.4 is 16.4 Å². The van der Waals surface area contributed by atoms with Gasteiger partial charge in [-0.05, 0) is 31.2 Å². The number of carbonyl (C=O) groups is 1. The first-order chi connectivity index (χ1) is 10.1. The molecule has 1 fully saturated rings. The van der Waals surface area contributed by atoms with Crippen LogP contribution in [0.15, 0.2) is 39.4 Å².